The van der Waals surface area contributed by atoms with Crippen LogP contribution in [0.2, 0.25) is 0 Å². The van der Waals surface area contributed by atoms with Gasteiger partial charge in [-0.3, -0.25) is 9.78 Å². The molecule has 3 rings (SSSR count). The average molecular weight is 323 g/mol. The zero-order valence-corrected chi connectivity index (χ0v) is 13.7. The van der Waals surface area contributed by atoms with E-state index in [2.05, 4.69) is 14.9 Å². The third kappa shape index (κ3) is 3.63. The number of para-hydroxylation sites is 1. The first-order valence-corrected chi connectivity index (χ1v) is 8.04. The van der Waals surface area contributed by atoms with Gasteiger partial charge in [0, 0.05) is 55.6 Å². The summed E-state index contributed by atoms with van der Waals surface area (Å²) in [5.41, 5.74) is 2.72. The first kappa shape index (κ1) is 16.2. The Balaban J connectivity index is 1.72. The Morgan fingerprint density at radius 1 is 1.21 bits per heavy atom. The zero-order valence-electron chi connectivity index (χ0n) is 13.7. The van der Waals surface area contributed by atoms with Crippen molar-refractivity contribution < 1.29 is 9.53 Å². The van der Waals surface area contributed by atoms with Gasteiger partial charge in [-0.25, -0.2) is 0 Å². The smallest absolute Gasteiger partial charge is 0.253 e. The number of methoxy groups -OCH3 is 1. The van der Waals surface area contributed by atoms with Crippen LogP contribution in [0.4, 0.5) is 0 Å². The molecule has 0 atom stereocenters. The minimum atomic E-state index is -0.0571. The fourth-order valence-electron chi connectivity index (χ4n) is 2.75. The van der Waals surface area contributed by atoms with Crippen molar-refractivity contribution in [1.29, 1.82) is 0 Å². The van der Waals surface area contributed by atoms with Crippen molar-refractivity contribution >= 4 is 16.8 Å². The second-order valence-corrected chi connectivity index (χ2v) is 5.57. The number of hydrogen-bond acceptors (Lipinski definition) is 3. The molecule has 0 saturated heterocycles. The topological polar surface area (TPSA) is 56.1 Å². The molecule has 0 fully saturated rings. The van der Waals surface area contributed by atoms with Crippen LogP contribution < -0.4 is 5.32 Å². The first-order chi connectivity index (χ1) is 11.8. The predicted molar refractivity (Wildman–Crippen MR) is 94.1 cm³/mol. The Labute approximate surface area is 141 Å². The molecule has 1 N–H and O–H groups in total. The van der Waals surface area contributed by atoms with E-state index in [1.54, 1.807) is 13.3 Å². The summed E-state index contributed by atoms with van der Waals surface area (Å²) in [6.45, 7) is 1.89. The van der Waals surface area contributed by atoms with Crippen LogP contribution in [0.25, 0.3) is 10.9 Å². The summed E-state index contributed by atoms with van der Waals surface area (Å²) < 4.78 is 7.21. The van der Waals surface area contributed by atoms with Crippen LogP contribution in [0.15, 0.2) is 54.9 Å². The van der Waals surface area contributed by atoms with E-state index < -0.39 is 0 Å². The number of nitrogens with zero attached hydrogens (tertiary/aromatic N) is 2. The van der Waals surface area contributed by atoms with Crippen molar-refractivity contribution in [2.45, 2.75) is 13.0 Å². The van der Waals surface area contributed by atoms with E-state index >= 15 is 0 Å². The SMILES string of the molecule is COCCn1cc(C(=O)NCCc2ccccn2)c2ccccc21. The number of ether oxygens (including phenoxy) is 1. The molecule has 124 valence electrons. The quantitative estimate of drug-likeness (QED) is 0.727. The van der Waals surface area contributed by atoms with Crippen LogP contribution >= 0.6 is 0 Å². The fourth-order valence-corrected chi connectivity index (χ4v) is 2.75. The number of carbonyl (C=O) groups is 1. The van der Waals surface area contributed by atoms with Crippen LogP contribution in [-0.4, -0.2) is 35.7 Å². The molecule has 2 heterocycles. The van der Waals surface area contributed by atoms with E-state index in [4.69, 9.17) is 4.74 Å². The molecule has 1 aromatic carbocycles. The summed E-state index contributed by atoms with van der Waals surface area (Å²) in [4.78, 5) is 16.8. The van der Waals surface area contributed by atoms with Gasteiger partial charge in [-0.2, -0.15) is 0 Å². The maximum Gasteiger partial charge on any atom is 0.253 e. The van der Waals surface area contributed by atoms with Gasteiger partial charge in [0.15, 0.2) is 0 Å². The number of benzene rings is 1. The third-order valence-corrected chi connectivity index (χ3v) is 3.96. The van der Waals surface area contributed by atoms with Gasteiger partial charge in [-0.05, 0) is 18.2 Å². The summed E-state index contributed by atoms with van der Waals surface area (Å²) in [5, 5.41) is 3.95. The van der Waals surface area contributed by atoms with Gasteiger partial charge in [0.1, 0.15) is 0 Å². The van der Waals surface area contributed by atoms with E-state index in [9.17, 15) is 4.79 Å². The van der Waals surface area contributed by atoms with E-state index in [1.807, 2.05) is 48.7 Å². The number of amides is 1. The highest BCUT2D eigenvalue weighted by molar-refractivity contribution is 6.07. The largest absolute Gasteiger partial charge is 0.383 e. The van der Waals surface area contributed by atoms with Crippen LogP contribution in [0.3, 0.4) is 0 Å². The standard InChI is InChI=1S/C19H21N3O2/c1-24-13-12-22-14-17(16-7-2-3-8-18(16)22)19(23)21-11-9-15-6-4-5-10-20-15/h2-8,10,14H,9,11-13H2,1H3,(H,21,23). The van der Waals surface area contributed by atoms with Gasteiger partial charge in [0.05, 0.1) is 12.2 Å². The van der Waals surface area contributed by atoms with Gasteiger partial charge in [-0.15, -0.1) is 0 Å². The molecule has 2 aromatic heterocycles. The number of hydrogen-bond donors (Lipinski definition) is 1. The number of aromatic nitrogens is 2. The van der Waals surface area contributed by atoms with E-state index in [0.29, 0.717) is 18.7 Å². The Morgan fingerprint density at radius 2 is 2.04 bits per heavy atom. The summed E-state index contributed by atoms with van der Waals surface area (Å²) in [7, 11) is 1.68. The highest BCUT2D eigenvalue weighted by Crippen LogP contribution is 2.21. The van der Waals surface area contributed by atoms with Gasteiger partial charge < -0.3 is 14.6 Å². The van der Waals surface area contributed by atoms with Crippen LogP contribution in [0.5, 0.6) is 0 Å². The lowest BCUT2D eigenvalue weighted by atomic mass is 10.1. The highest BCUT2D eigenvalue weighted by atomic mass is 16.5. The first-order valence-electron chi connectivity index (χ1n) is 8.04. The average Bonchev–Trinajstić information content (AvgIpc) is 3.00. The van der Waals surface area contributed by atoms with Crippen molar-refractivity contribution in [2.24, 2.45) is 0 Å². The Morgan fingerprint density at radius 3 is 2.83 bits per heavy atom. The molecule has 0 bridgehead atoms. The molecule has 5 nitrogen and oxygen atoms in total. The lowest BCUT2D eigenvalue weighted by molar-refractivity contribution is 0.0955. The molecule has 0 unspecified atom stereocenters. The Bertz CT molecular complexity index is 812. The normalized spacial score (nSPS) is 10.9. The molecule has 1 amide bonds. The van der Waals surface area contributed by atoms with Gasteiger partial charge >= 0.3 is 0 Å². The van der Waals surface area contributed by atoms with Crippen LogP contribution in [-0.2, 0) is 17.7 Å². The lowest BCUT2D eigenvalue weighted by Crippen LogP contribution is -2.25. The van der Waals surface area contributed by atoms with E-state index in [-0.39, 0.29) is 5.91 Å². The molecule has 5 heteroatoms. The highest BCUT2D eigenvalue weighted by Gasteiger charge is 2.14. The second kappa shape index (κ2) is 7.75. The summed E-state index contributed by atoms with van der Waals surface area (Å²) in [6, 6.07) is 13.7. The molecule has 24 heavy (non-hydrogen) atoms. The molecule has 3 aromatic rings. The summed E-state index contributed by atoms with van der Waals surface area (Å²) in [5.74, 6) is -0.0571. The predicted octanol–water partition coefficient (Wildman–Crippen LogP) is 2.66. The molecular formula is C19H21N3O2. The number of pyridine rings is 1. The lowest BCUT2D eigenvalue weighted by Gasteiger charge is -2.04. The van der Waals surface area contributed by atoms with Crippen LogP contribution in [0.1, 0.15) is 16.1 Å². The summed E-state index contributed by atoms with van der Waals surface area (Å²) >= 11 is 0. The maximum absolute atomic E-state index is 12.6. The van der Waals surface area contributed by atoms with Gasteiger partial charge in [0.25, 0.3) is 5.91 Å². The van der Waals surface area contributed by atoms with E-state index in [1.165, 1.54) is 0 Å². The van der Waals surface area contributed by atoms with Crippen molar-refractivity contribution in [3.8, 4) is 0 Å². The molecule has 0 aliphatic rings. The molecule has 0 saturated carbocycles. The van der Waals surface area contributed by atoms with E-state index in [0.717, 1.165) is 29.6 Å². The Kier molecular flexibility index (Phi) is 5.23. The molecule has 0 aliphatic carbocycles. The maximum atomic E-state index is 12.6. The minimum absolute atomic E-state index is 0.0571. The van der Waals surface area contributed by atoms with Crippen molar-refractivity contribution in [3.63, 3.8) is 0 Å². The molecule has 0 spiro atoms. The van der Waals surface area contributed by atoms with Crippen molar-refractivity contribution in [3.05, 3.63) is 66.1 Å². The van der Waals surface area contributed by atoms with Gasteiger partial charge in [0.2, 0.25) is 0 Å². The zero-order chi connectivity index (χ0) is 16.8. The second-order valence-electron chi connectivity index (χ2n) is 5.57. The monoisotopic (exact) mass is 323 g/mol. The minimum Gasteiger partial charge on any atom is -0.383 e. The van der Waals surface area contributed by atoms with Gasteiger partial charge in [-0.1, -0.05) is 24.3 Å². The summed E-state index contributed by atoms with van der Waals surface area (Å²) in [6.07, 6.45) is 4.38. The third-order valence-electron chi connectivity index (χ3n) is 3.96. The fraction of sp³-hybridized carbons (Fsp3) is 0.263. The molecule has 0 radical (unpaired) electrons. The molecule has 0 aliphatic heterocycles. The van der Waals surface area contributed by atoms with Crippen molar-refractivity contribution in [1.82, 2.24) is 14.9 Å². The Hall–Kier alpha value is -2.66. The number of carbonyl (C=O) groups excluding carboxylic acids is 1. The number of fused-ring (bicyclic) bond motifs is 1. The van der Waals surface area contributed by atoms with Crippen molar-refractivity contribution in [2.75, 3.05) is 20.3 Å². The van der Waals surface area contributed by atoms with Crippen LogP contribution in [0, 0.1) is 0 Å². The number of nitrogens with one attached hydrogen (secondary N) is 1. The number of rotatable bonds is 7. The molecular weight excluding hydrogens is 302 g/mol.